The fraction of sp³-hybridized carbons (Fsp3) is 0.105. The molecule has 0 saturated carbocycles. The first-order valence-corrected chi connectivity index (χ1v) is 7.27. The molecule has 0 saturated heterocycles. The fourth-order valence-electron chi connectivity index (χ4n) is 2.32. The molecule has 0 fully saturated rings. The van der Waals surface area contributed by atoms with Gasteiger partial charge in [-0.15, -0.1) is 0 Å². The summed E-state index contributed by atoms with van der Waals surface area (Å²) in [5.41, 5.74) is 4.18. The predicted octanol–water partition coefficient (Wildman–Crippen LogP) is 3.90. The van der Waals surface area contributed by atoms with Crippen molar-refractivity contribution in [3.63, 3.8) is 0 Å². The molecule has 0 atom stereocenters. The van der Waals surface area contributed by atoms with Crippen LogP contribution in [0.4, 0.5) is 0 Å². The molecule has 0 unspecified atom stereocenters. The van der Waals surface area contributed by atoms with Crippen LogP contribution in [-0.2, 0) is 6.61 Å². The summed E-state index contributed by atoms with van der Waals surface area (Å²) in [6, 6.07) is 17.6. The number of nitrogens with zero attached hydrogens (tertiary/aromatic N) is 3. The van der Waals surface area contributed by atoms with Crippen LogP contribution in [-0.4, -0.2) is 9.97 Å². The predicted molar refractivity (Wildman–Crippen MR) is 87.7 cm³/mol. The van der Waals surface area contributed by atoms with Gasteiger partial charge in [0, 0.05) is 23.7 Å². The van der Waals surface area contributed by atoms with E-state index < -0.39 is 0 Å². The molecule has 0 aliphatic rings. The highest BCUT2D eigenvalue weighted by atomic mass is 16.5. The monoisotopic (exact) mass is 301 g/mol. The van der Waals surface area contributed by atoms with Gasteiger partial charge in [0.1, 0.15) is 18.2 Å². The van der Waals surface area contributed by atoms with Crippen LogP contribution in [0.25, 0.3) is 11.1 Å². The molecule has 2 heterocycles. The van der Waals surface area contributed by atoms with E-state index in [1.807, 2.05) is 55.5 Å². The average molecular weight is 301 g/mol. The number of pyridine rings is 2. The minimum absolute atomic E-state index is 0.367. The van der Waals surface area contributed by atoms with Gasteiger partial charge in [0.25, 0.3) is 0 Å². The first-order valence-electron chi connectivity index (χ1n) is 7.27. The molecule has 0 N–H and O–H groups in total. The van der Waals surface area contributed by atoms with E-state index in [2.05, 4.69) is 16.0 Å². The molecule has 3 aromatic rings. The Hall–Kier alpha value is -3.19. The van der Waals surface area contributed by atoms with E-state index in [-0.39, 0.29) is 0 Å². The Balaban J connectivity index is 1.90. The Labute approximate surface area is 135 Å². The summed E-state index contributed by atoms with van der Waals surface area (Å²) in [6.45, 7) is 2.29. The number of ether oxygens (including phenoxy) is 1. The molecule has 0 radical (unpaired) electrons. The first kappa shape index (κ1) is 14.7. The smallest absolute Gasteiger partial charge is 0.232 e. The second-order valence-corrected chi connectivity index (χ2v) is 5.10. The van der Waals surface area contributed by atoms with Crippen molar-refractivity contribution in [2.75, 3.05) is 0 Å². The maximum Gasteiger partial charge on any atom is 0.232 e. The van der Waals surface area contributed by atoms with E-state index in [0.717, 1.165) is 22.4 Å². The second-order valence-electron chi connectivity index (χ2n) is 5.10. The summed E-state index contributed by atoms with van der Waals surface area (Å²) in [4.78, 5) is 8.48. The summed E-state index contributed by atoms with van der Waals surface area (Å²) in [5.74, 6) is 0.367. The van der Waals surface area contributed by atoms with Crippen molar-refractivity contribution < 1.29 is 4.74 Å². The van der Waals surface area contributed by atoms with Crippen molar-refractivity contribution in [3.05, 3.63) is 77.7 Å². The Bertz CT molecular complexity index is 840. The molecule has 23 heavy (non-hydrogen) atoms. The topological polar surface area (TPSA) is 58.8 Å². The third-order valence-corrected chi connectivity index (χ3v) is 3.51. The van der Waals surface area contributed by atoms with Gasteiger partial charge in [-0.1, -0.05) is 30.3 Å². The second kappa shape index (κ2) is 6.71. The molecule has 4 heteroatoms. The van der Waals surface area contributed by atoms with Crippen LogP contribution in [0.5, 0.6) is 5.88 Å². The van der Waals surface area contributed by atoms with Crippen LogP contribution < -0.4 is 4.74 Å². The zero-order valence-electron chi connectivity index (χ0n) is 12.7. The van der Waals surface area contributed by atoms with Crippen LogP contribution in [0.1, 0.15) is 16.8 Å². The molecule has 2 aromatic heterocycles. The molecule has 1 aromatic carbocycles. The van der Waals surface area contributed by atoms with Crippen LogP contribution in [0.2, 0.25) is 0 Å². The number of nitriles is 1. The van der Waals surface area contributed by atoms with Crippen LogP contribution in [0.3, 0.4) is 0 Å². The van der Waals surface area contributed by atoms with E-state index in [9.17, 15) is 5.26 Å². The summed E-state index contributed by atoms with van der Waals surface area (Å²) in [5, 5.41) is 9.40. The third kappa shape index (κ3) is 3.35. The van der Waals surface area contributed by atoms with E-state index >= 15 is 0 Å². The van der Waals surface area contributed by atoms with Gasteiger partial charge in [0.2, 0.25) is 5.88 Å². The van der Waals surface area contributed by atoms with E-state index in [1.54, 1.807) is 12.4 Å². The van der Waals surface area contributed by atoms with Crippen LogP contribution in [0.15, 0.2) is 60.9 Å². The van der Waals surface area contributed by atoms with E-state index in [0.29, 0.717) is 18.1 Å². The molecule has 4 nitrogen and oxygen atoms in total. The maximum absolute atomic E-state index is 9.40. The van der Waals surface area contributed by atoms with Crippen molar-refractivity contribution in [2.45, 2.75) is 13.5 Å². The van der Waals surface area contributed by atoms with Crippen molar-refractivity contribution in [2.24, 2.45) is 0 Å². The number of hydrogen-bond acceptors (Lipinski definition) is 4. The van der Waals surface area contributed by atoms with Crippen molar-refractivity contribution in [3.8, 4) is 23.1 Å². The molecular weight excluding hydrogens is 286 g/mol. The minimum Gasteiger partial charge on any atom is -0.472 e. The Kier molecular flexibility index (Phi) is 4.30. The largest absolute Gasteiger partial charge is 0.472 e. The maximum atomic E-state index is 9.40. The number of rotatable bonds is 4. The number of aryl methyl sites for hydroxylation is 1. The highest BCUT2D eigenvalue weighted by Crippen LogP contribution is 2.27. The molecule has 0 bridgehead atoms. The third-order valence-electron chi connectivity index (χ3n) is 3.51. The van der Waals surface area contributed by atoms with Gasteiger partial charge in [0.15, 0.2) is 0 Å². The zero-order valence-corrected chi connectivity index (χ0v) is 12.7. The molecular formula is C19H15N3O. The fourth-order valence-corrected chi connectivity index (χ4v) is 2.32. The van der Waals surface area contributed by atoms with Crippen LogP contribution >= 0.6 is 0 Å². The molecule has 0 aliphatic carbocycles. The van der Waals surface area contributed by atoms with Crippen LogP contribution in [0, 0.1) is 18.3 Å². The highest BCUT2D eigenvalue weighted by molar-refractivity contribution is 5.68. The molecule has 0 amide bonds. The van der Waals surface area contributed by atoms with Gasteiger partial charge in [0.05, 0.1) is 0 Å². The Morgan fingerprint density at radius 3 is 2.52 bits per heavy atom. The highest BCUT2D eigenvalue weighted by Gasteiger charge is 2.12. The lowest BCUT2D eigenvalue weighted by Gasteiger charge is -2.11. The normalized spacial score (nSPS) is 10.1. The van der Waals surface area contributed by atoms with Gasteiger partial charge in [-0.2, -0.15) is 5.26 Å². The van der Waals surface area contributed by atoms with Gasteiger partial charge in [-0.05, 0) is 36.2 Å². The molecule has 3 rings (SSSR count). The lowest BCUT2D eigenvalue weighted by molar-refractivity contribution is 0.292. The lowest BCUT2D eigenvalue weighted by atomic mass is 10.0. The number of benzene rings is 1. The van der Waals surface area contributed by atoms with Gasteiger partial charge in [-0.25, -0.2) is 4.98 Å². The summed E-state index contributed by atoms with van der Waals surface area (Å²) < 4.78 is 5.74. The minimum atomic E-state index is 0.367. The standard InChI is InChI=1S/C19H15N3O/c1-14-18(16-7-9-21-10-8-16)11-17(12-20)19(22-14)23-13-15-5-3-2-4-6-15/h2-11H,13H2,1H3. The lowest BCUT2D eigenvalue weighted by Crippen LogP contribution is -2.01. The number of hydrogen-bond donors (Lipinski definition) is 0. The van der Waals surface area contributed by atoms with E-state index in [4.69, 9.17) is 4.74 Å². The SMILES string of the molecule is Cc1nc(OCc2ccccc2)c(C#N)cc1-c1ccncc1. The Morgan fingerprint density at radius 2 is 1.83 bits per heavy atom. The molecule has 0 aliphatic heterocycles. The molecule has 0 spiro atoms. The zero-order chi connectivity index (χ0) is 16.1. The van der Waals surface area contributed by atoms with Crippen molar-refractivity contribution in [1.29, 1.82) is 5.26 Å². The quantitative estimate of drug-likeness (QED) is 0.733. The van der Waals surface area contributed by atoms with Gasteiger partial charge < -0.3 is 4.74 Å². The molecule has 112 valence electrons. The Morgan fingerprint density at radius 1 is 1.09 bits per heavy atom. The average Bonchev–Trinajstić information content (AvgIpc) is 2.61. The summed E-state index contributed by atoms with van der Waals surface area (Å²) in [7, 11) is 0. The van der Waals surface area contributed by atoms with Gasteiger partial charge >= 0.3 is 0 Å². The van der Waals surface area contributed by atoms with Crippen molar-refractivity contribution in [1.82, 2.24) is 9.97 Å². The van der Waals surface area contributed by atoms with Crippen molar-refractivity contribution >= 4 is 0 Å². The number of aromatic nitrogens is 2. The van der Waals surface area contributed by atoms with E-state index in [1.165, 1.54) is 0 Å². The summed E-state index contributed by atoms with van der Waals surface area (Å²) in [6.07, 6.45) is 3.45. The van der Waals surface area contributed by atoms with Gasteiger partial charge in [-0.3, -0.25) is 4.98 Å². The summed E-state index contributed by atoms with van der Waals surface area (Å²) >= 11 is 0. The first-order chi connectivity index (χ1) is 11.3.